The van der Waals surface area contributed by atoms with E-state index in [0.717, 1.165) is 11.8 Å². The standard InChI is InChI=1S/C13H11BrFN3O2S/c1-7-4-11(19)18-13(16-7)21-6-12(20)17-10-3-2-8(14)5-9(10)15/h2-5H,6H2,1H3,(H,17,20)(H,16,18,19). The number of aryl methyl sites for hydroxylation is 1. The molecule has 2 rings (SSSR count). The number of thioether (sulfide) groups is 1. The van der Waals surface area contributed by atoms with E-state index in [2.05, 4.69) is 31.2 Å². The first kappa shape index (κ1) is 15.7. The van der Waals surface area contributed by atoms with Gasteiger partial charge in [0.2, 0.25) is 5.91 Å². The van der Waals surface area contributed by atoms with Crippen LogP contribution in [-0.4, -0.2) is 21.6 Å². The van der Waals surface area contributed by atoms with Gasteiger partial charge in [0.15, 0.2) is 5.16 Å². The van der Waals surface area contributed by atoms with E-state index in [-0.39, 0.29) is 22.9 Å². The number of amides is 1. The molecule has 0 fully saturated rings. The number of halogens is 2. The molecule has 21 heavy (non-hydrogen) atoms. The number of H-pyrrole nitrogens is 1. The molecule has 0 bridgehead atoms. The summed E-state index contributed by atoms with van der Waals surface area (Å²) in [4.78, 5) is 29.6. The van der Waals surface area contributed by atoms with Crippen LogP contribution in [0.25, 0.3) is 0 Å². The molecule has 1 amide bonds. The van der Waals surface area contributed by atoms with Crippen LogP contribution in [0, 0.1) is 12.7 Å². The van der Waals surface area contributed by atoms with Gasteiger partial charge in [0.05, 0.1) is 11.4 Å². The molecular weight excluding hydrogens is 361 g/mol. The zero-order valence-electron chi connectivity index (χ0n) is 10.9. The van der Waals surface area contributed by atoms with Crippen molar-refractivity contribution in [3.8, 4) is 0 Å². The number of carbonyl (C=O) groups is 1. The van der Waals surface area contributed by atoms with Crippen molar-refractivity contribution in [3.05, 3.63) is 50.6 Å². The minimum Gasteiger partial charge on any atom is -0.323 e. The Bertz CT molecular complexity index is 736. The third-order valence-corrected chi connectivity index (χ3v) is 3.76. The van der Waals surface area contributed by atoms with Gasteiger partial charge in [0.25, 0.3) is 5.56 Å². The van der Waals surface area contributed by atoms with E-state index in [1.54, 1.807) is 13.0 Å². The summed E-state index contributed by atoms with van der Waals surface area (Å²) in [6, 6.07) is 5.73. The highest BCUT2D eigenvalue weighted by Gasteiger charge is 2.09. The largest absolute Gasteiger partial charge is 0.323 e. The number of aromatic amines is 1. The topological polar surface area (TPSA) is 74.8 Å². The lowest BCUT2D eigenvalue weighted by molar-refractivity contribution is -0.113. The van der Waals surface area contributed by atoms with Gasteiger partial charge in [-0.25, -0.2) is 9.37 Å². The van der Waals surface area contributed by atoms with Gasteiger partial charge in [-0.1, -0.05) is 27.7 Å². The van der Waals surface area contributed by atoms with Crippen LogP contribution in [0.15, 0.2) is 38.7 Å². The summed E-state index contributed by atoms with van der Waals surface area (Å²) in [5.74, 6) is -0.891. The van der Waals surface area contributed by atoms with Crippen LogP contribution in [0.2, 0.25) is 0 Å². The van der Waals surface area contributed by atoms with Crippen molar-refractivity contribution in [2.24, 2.45) is 0 Å². The second-order valence-electron chi connectivity index (χ2n) is 4.15. The second kappa shape index (κ2) is 6.86. The molecule has 0 aliphatic heterocycles. The van der Waals surface area contributed by atoms with E-state index in [9.17, 15) is 14.0 Å². The van der Waals surface area contributed by atoms with Crippen LogP contribution in [-0.2, 0) is 4.79 Å². The Hall–Kier alpha value is -1.67. The van der Waals surface area contributed by atoms with Crippen molar-refractivity contribution in [2.75, 3.05) is 11.1 Å². The van der Waals surface area contributed by atoms with Crippen molar-refractivity contribution in [1.29, 1.82) is 0 Å². The van der Waals surface area contributed by atoms with E-state index in [4.69, 9.17) is 0 Å². The quantitative estimate of drug-likeness (QED) is 0.639. The third kappa shape index (κ3) is 4.68. The summed E-state index contributed by atoms with van der Waals surface area (Å²) < 4.78 is 14.2. The van der Waals surface area contributed by atoms with Gasteiger partial charge in [-0.15, -0.1) is 0 Å². The average molecular weight is 372 g/mol. The van der Waals surface area contributed by atoms with Gasteiger partial charge in [-0.3, -0.25) is 9.59 Å². The molecule has 2 N–H and O–H groups in total. The first-order valence-electron chi connectivity index (χ1n) is 5.90. The van der Waals surface area contributed by atoms with Crippen molar-refractivity contribution >= 4 is 39.3 Å². The zero-order chi connectivity index (χ0) is 15.4. The zero-order valence-corrected chi connectivity index (χ0v) is 13.3. The normalized spacial score (nSPS) is 10.4. The number of nitrogens with one attached hydrogen (secondary N) is 2. The van der Waals surface area contributed by atoms with Gasteiger partial charge < -0.3 is 10.3 Å². The molecule has 0 atom stereocenters. The predicted octanol–water partition coefficient (Wildman–Crippen LogP) is 2.71. The van der Waals surface area contributed by atoms with Crippen LogP contribution < -0.4 is 10.9 Å². The first-order valence-corrected chi connectivity index (χ1v) is 7.67. The summed E-state index contributed by atoms with van der Waals surface area (Å²) in [6.45, 7) is 1.69. The van der Waals surface area contributed by atoms with E-state index in [1.165, 1.54) is 18.2 Å². The lowest BCUT2D eigenvalue weighted by Crippen LogP contribution is -2.16. The lowest BCUT2D eigenvalue weighted by atomic mass is 10.3. The third-order valence-electron chi connectivity index (χ3n) is 2.39. The average Bonchev–Trinajstić information content (AvgIpc) is 2.39. The number of benzene rings is 1. The van der Waals surface area contributed by atoms with Gasteiger partial charge in [0, 0.05) is 16.2 Å². The van der Waals surface area contributed by atoms with Crippen molar-refractivity contribution in [1.82, 2.24) is 9.97 Å². The fourth-order valence-corrected chi connectivity index (χ4v) is 2.59. The Balaban J connectivity index is 1.97. The molecule has 1 heterocycles. The first-order chi connectivity index (χ1) is 9.94. The summed E-state index contributed by atoms with van der Waals surface area (Å²) in [5, 5.41) is 2.81. The molecule has 5 nitrogen and oxygen atoms in total. The van der Waals surface area contributed by atoms with Crippen LogP contribution in [0.3, 0.4) is 0 Å². The highest BCUT2D eigenvalue weighted by molar-refractivity contribution is 9.10. The van der Waals surface area contributed by atoms with E-state index in [1.807, 2.05) is 0 Å². The van der Waals surface area contributed by atoms with Crippen LogP contribution in [0.5, 0.6) is 0 Å². The maximum Gasteiger partial charge on any atom is 0.251 e. The van der Waals surface area contributed by atoms with Crippen LogP contribution in [0.1, 0.15) is 5.69 Å². The fourth-order valence-electron chi connectivity index (χ4n) is 1.53. The summed E-state index contributed by atoms with van der Waals surface area (Å²) >= 11 is 4.21. The molecule has 0 saturated carbocycles. The molecular formula is C13H11BrFN3O2S. The number of hydrogen-bond acceptors (Lipinski definition) is 4. The smallest absolute Gasteiger partial charge is 0.251 e. The van der Waals surface area contributed by atoms with E-state index < -0.39 is 5.82 Å². The molecule has 1 aromatic carbocycles. The molecule has 0 aliphatic carbocycles. The van der Waals surface area contributed by atoms with Gasteiger partial charge in [0.1, 0.15) is 5.82 Å². The van der Waals surface area contributed by atoms with Crippen LogP contribution >= 0.6 is 27.7 Å². The van der Waals surface area contributed by atoms with Gasteiger partial charge in [-0.05, 0) is 25.1 Å². The molecule has 0 spiro atoms. The maximum atomic E-state index is 13.6. The number of rotatable bonds is 4. The summed E-state index contributed by atoms with van der Waals surface area (Å²) in [6.07, 6.45) is 0. The Labute approximate surface area is 132 Å². The number of anilines is 1. The van der Waals surface area contributed by atoms with Crippen molar-refractivity contribution in [3.63, 3.8) is 0 Å². The molecule has 8 heteroatoms. The summed E-state index contributed by atoms with van der Waals surface area (Å²) in [7, 11) is 0. The minimum absolute atomic E-state index is 0.0158. The van der Waals surface area contributed by atoms with Crippen molar-refractivity contribution in [2.45, 2.75) is 12.1 Å². The Morgan fingerprint density at radius 1 is 1.48 bits per heavy atom. The second-order valence-corrected chi connectivity index (χ2v) is 6.03. The minimum atomic E-state index is -0.523. The van der Waals surface area contributed by atoms with Crippen molar-refractivity contribution < 1.29 is 9.18 Å². The number of aromatic nitrogens is 2. The predicted molar refractivity (Wildman–Crippen MR) is 83.0 cm³/mol. The maximum absolute atomic E-state index is 13.6. The molecule has 0 unspecified atom stereocenters. The van der Waals surface area contributed by atoms with Gasteiger partial charge in [-0.2, -0.15) is 0 Å². The fraction of sp³-hybridized carbons (Fsp3) is 0.154. The SMILES string of the molecule is Cc1cc(=O)[nH]c(SCC(=O)Nc2ccc(Br)cc2F)n1. The Morgan fingerprint density at radius 2 is 2.24 bits per heavy atom. The number of carbonyl (C=O) groups excluding carboxylic acids is 1. The molecule has 0 saturated heterocycles. The van der Waals surface area contributed by atoms with E-state index >= 15 is 0 Å². The molecule has 110 valence electrons. The summed E-state index contributed by atoms with van der Waals surface area (Å²) in [5.41, 5.74) is 0.402. The lowest BCUT2D eigenvalue weighted by Gasteiger charge is -2.06. The molecule has 2 aromatic rings. The van der Waals surface area contributed by atoms with Crippen LogP contribution in [0.4, 0.5) is 10.1 Å². The molecule has 0 aliphatic rings. The Kier molecular flexibility index (Phi) is 5.13. The monoisotopic (exact) mass is 371 g/mol. The highest BCUT2D eigenvalue weighted by Crippen LogP contribution is 2.20. The number of nitrogens with zero attached hydrogens (tertiary/aromatic N) is 1. The number of hydrogen-bond donors (Lipinski definition) is 2. The molecule has 0 radical (unpaired) electrons. The highest BCUT2D eigenvalue weighted by atomic mass is 79.9. The molecule has 1 aromatic heterocycles. The van der Waals surface area contributed by atoms with Gasteiger partial charge >= 0.3 is 0 Å². The van der Waals surface area contributed by atoms with E-state index in [0.29, 0.717) is 15.3 Å². The Morgan fingerprint density at radius 3 is 2.90 bits per heavy atom.